The summed E-state index contributed by atoms with van der Waals surface area (Å²) in [5.74, 6) is -1.07. The number of benzene rings is 1. The molecule has 1 aliphatic rings. The Morgan fingerprint density at radius 1 is 1.05 bits per heavy atom. The van der Waals surface area contributed by atoms with Gasteiger partial charge in [0.05, 0.1) is 0 Å². The second kappa shape index (κ2) is 5.61. The zero-order chi connectivity index (χ0) is 14.7. The highest BCUT2D eigenvalue weighted by atomic mass is 16.1. The van der Waals surface area contributed by atoms with Crippen molar-refractivity contribution in [3.05, 3.63) is 58.9 Å². The average molecular weight is 271 g/mol. The molecule has 0 bridgehead atoms. The standard InChI is InChI=1S/C15H17N3O2/c1-10-2-4-11(5-3-10)7-18-8-12(14(16)19)6-13(9-18)15(17)20/h2-5,8-9H,6-7H2,1H3,(H2,16,19)(H2,17,20). The maximum absolute atomic E-state index is 11.3. The van der Waals surface area contributed by atoms with Crippen LogP contribution in [0, 0.1) is 6.92 Å². The Morgan fingerprint density at radius 3 is 2.00 bits per heavy atom. The van der Waals surface area contributed by atoms with Gasteiger partial charge in [-0.3, -0.25) is 9.59 Å². The van der Waals surface area contributed by atoms with E-state index in [1.807, 2.05) is 31.2 Å². The minimum absolute atomic E-state index is 0.190. The number of hydrogen-bond acceptors (Lipinski definition) is 3. The maximum atomic E-state index is 11.3. The van der Waals surface area contributed by atoms with Gasteiger partial charge in [-0.05, 0) is 12.5 Å². The molecule has 0 atom stereocenters. The number of primary amides is 2. The fraction of sp³-hybridized carbons (Fsp3) is 0.200. The van der Waals surface area contributed by atoms with Crippen LogP contribution in [-0.2, 0) is 16.1 Å². The van der Waals surface area contributed by atoms with E-state index in [2.05, 4.69) is 0 Å². The summed E-state index contributed by atoms with van der Waals surface area (Å²) in [4.78, 5) is 24.4. The SMILES string of the molecule is Cc1ccc(CN2C=C(C(N)=O)CC(C(N)=O)=C2)cc1. The second-order valence-electron chi connectivity index (χ2n) is 4.87. The van der Waals surface area contributed by atoms with E-state index >= 15 is 0 Å². The van der Waals surface area contributed by atoms with Gasteiger partial charge in [-0.25, -0.2) is 0 Å². The minimum atomic E-state index is -0.536. The summed E-state index contributed by atoms with van der Waals surface area (Å²) in [6, 6.07) is 8.02. The van der Waals surface area contributed by atoms with Gasteiger partial charge >= 0.3 is 0 Å². The van der Waals surface area contributed by atoms with Crippen LogP contribution in [0.4, 0.5) is 0 Å². The van der Waals surface area contributed by atoms with Crippen molar-refractivity contribution >= 4 is 11.8 Å². The Labute approximate surface area is 117 Å². The van der Waals surface area contributed by atoms with E-state index in [4.69, 9.17) is 11.5 Å². The highest BCUT2D eigenvalue weighted by Crippen LogP contribution is 2.20. The van der Waals surface area contributed by atoms with Gasteiger partial charge in [0.25, 0.3) is 0 Å². The Kier molecular flexibility index (Phi) is 3.89. The third kappa shape index (κ3) is 3.26. The van der Waals surface area contributed by atoms with Gasteiger partial charge in [0.2, 0.25) is 11.8 Å². The Balaban J connectivity index is 2.23. The highest BCUT2D eigenvalue weighted by Gasteiger charge is 2.19. The first-order valence-corrected chi connectivity index (χ1v) is 6.28. The molecule has 0 saturated heterocycles. The first-order chi connectivity index (χ1) is 9.45. The molecular formula is C15H17N3O2. The third-order valence-corrected chi connectivity index (χ3v) is 3.14. The molecule has 2 rings (SSSR count). The van der Waals surface area contributed by atoms with Crippen LogP contribution in [0.2, 0.25) is 0 Å². The molecule has 0 radical (unpaired) electrons. The summed E-state index contributed by atoms with van der Waals surface area (Å²) in [7, 11) is 0. The van der Waals surface area contributed by atoms with Crippen molar-refractivity contribution in [2.45, 2.75) is 19.9 Å². The molecule has 0 unspecified atom stereocenters. The summed E-state index contributed by atoms with van der Waals surface area (Å²) in [5, 5.41) is 0. The van der Waals surface area contributed by atoms with Crippen molar-refractivity contribution < 1.29 is 9.59 Å². The number of carbonyl (C=O) groups is 2. The molecule has 0 spiro atoms. The molecule has 1 aromatic rings. The van der Waals surface area contributed by atoms with Crippen LogP contribution in [0.3, 0.4) is 0 Å². The van der Waals surface area contributed by atoms with Crippen molar-refractivity contribution in [1.82, 2.24) is 4.90 Å². The Hall–Kier alpha value is -2.56. The fourth-order valence-electron chi connectivity index (χ4n) is 2.03. The molecule has 0 saturated carbocycles. The van der Waals surface area contributed by atoms with Gasteiger partial charge < -0.3 is 16.4 Å². The molecule has 1 aromatic carbocycles. The van der Waals surface area contributed by atoms with E-state index in [9.17, 15) is 9.59 Å². The first-order valence-electron chi connectivity index (χ1n) is 6.28. The normalized spacial score (nSPS) is 14.6. The number of aryl methyl sites for hydroxylation is 1. The van der Waals surface area contributed by atoms with Crippen LogP contribution in [-0.4, -0.2) is 16.7 Å². The lowest BCUT2D eigenvalue weighted by Gasteiger charge is -2.23. The molecule has 2 amide bonds. The number of nitrogens with two attached hydrogens (primary N) is 2. The minimum Gasteiger partial charge on any atom is -0.366 e. The Morgan fingerprint density at radius 2 is 1.55 bits per heavy atom. The van der Waals surface area contributed by atoms with Crippen molar-refractivity contribution in [1.29, 1.82) is 0 Å². The van der Waals surface area contributed by atoms with Crippen molar-refractivity contribution in [2.75, 3.05) is 0 Å². The van der Waals surface area contributed by atoms with Gasteiger partial charge in [-0.2, -0.15) is 0 Å². The molecule has 1 aliphatic heterocycles. The van der Waals surface area contributed by atoms with E-state index in [0.29, 0.717) is 17.7 Å². The summed E-state index contributed by atoms with van der Waals surface area (Å²) in [6.45, 7) is 2.56. The third-order valence-electron chi connectivity index (χ3n) is 3.14. The number of amides is 2. The number of rotatable bonds is 4. The van der Waals surface area contributed by atoms with Crippen LogP contribution in [0.15, 0.2) is 47.8 Å². The molecule has 0 fully saturated rings. The van der Waals surface area contributed by atoms with Gasteiger partial charge in [-0.15, -0.1) is 0 Å². The van der Waals surface area contributed by atoms with Crippen LogP contribution in [0.1, 0.15) is 17.5 Å². The lowest BCUT2D eigenvalue weighted by molar-refractivity contribution is -0.115. The number of hydrogen-bond donors (Lipinski definition) is 2. The second-order valence-corrected chi connectivity index (χ2v) is 4.87. The molecule has 1 heterocycles. The molecule has 0 aliphatic carbocycles. The summed E-state index contributed by atoms with van der Waals surface area (Å²) < 4.78 is 0. The topological polar surface area (TPSA) is 89.4 Å². The fourth-order valence-corrected chi connectivity index (χ4v) is 2.03. The quantitative estimate of drug-likeness (QED) is 0.854. The molecule has 4 N–H and O–H groups in total. The van der Waals surface area contributed by atoms with Crippen molar-refractivity contribution in [2.24, 2.45) is 11.5 Å². The summed E-state index contributed by atoms with van der Waals surface area (Å²) >= 11 is 0. The largest absolute Gasteiger partial charge is 0.366 e. The van der Waals surface area contributed by atoms with Crippen molar-refractivity contribution in [3.8, 4) is 0 Å². The average Bonchev–Trinajstić information content (AvgIpc) is 2.41. The van der Waals surface area contributed by atoms with E-state index < -0.39 is 11.8 Å². The van der Waals surface area contributed by atoms with Gasteiger partial charge in [0.15, 0.2) is 0 Å². The summed E-state index contributed by atoms with van der Waals surface area (Å²) in [6.07, 6.45) is 3.51. The van der Waals surface area contributed by atoms with Gasteiger partial charge in [0, 0.05) is 36.5 Å². The van der Waals surface area contributed by atoms with E-state index in [1.165, 1.54) is 5.56 Å². The molecule has 5 nitrogen and oxygen atoms in total. The molecule has 5 heteroatoms. The molecular weight excluding hydrogens is 254 g/mol. The summed E-state index contributed by atoms with van der Waals surface area (Å²) in [5.41, 5.74) is 13.6. The van der Waals surface area contributed by atoms with E-state index in [-0.39, 0.29) is 6.42 Å². The zero-order valence-electron chi connectivity index (χ0n) is 11.3. The van der Waals surface area contributed by atoms with E-state index in [1.54, 1.807) is 17.3 Å². The first kappa shape index (κ1) is 13.9. The van der Waals surface area contributed by atoms with Gasteiger partial charge in [-0.1, -0.05) is 29.8 Å². The Bertz CT molecular complexity index is 570. The zero-order valence-corrected chi connectivity index (χ0v) is 11.3. The van der Waals surface area contributed by atoms with Crippen LogP contribution in [0.5, 0.6) is 0 Å². The van der Waals surface area contributed by atoms with E-state index in [0.717, 1.165) is 5.56 Å². The van der Waals surface area contributed by atoms with Crippen LogP contribution in [0.25, 0.3) is 0 Å². The predicted molar refractivity (Wildman–Crippen MR) is 75.9 cm³/mol. The number of carbonyl (C=O) groups excluding carboxylic acids is 2. The molecule has 104 valence electrons. The number of nitrogens with zero attached hydrogens (tertiary/aromatic N) is 1. The monoisotopic (exact) mass is 271 g/mol. The lowest BCUT2D eigenvalue weighted by atomic mass is 10.0. The molecule has 20 heavy (non-hydrogen) atoms. The van der Waals surface area contributed by atoms with Crippen molar-refractivity contribution in [3.63, 3.8) is 0 Å². The van der Waals surface area contributed by atoms with Crippen LogP contribution >= 0.6 is 0 Å². The lowest BCUT2D eigenvalue weighted by Crippen LogP contribution is -2.27. The maximum Gasteiger partial charge on any atom is 0.246 e. The van der Waals surface area contributed by atoms with Gasteiger partial charge in [0.1, 0.15) is 0 Å². The highest BCUT2D eigenvalue weighted by molar-refractivity contribution is 5.98. The molecule has 0 aromatic heterocycles. The van der Waals surface area contributed by atoms with Crippen LogP contribution < -0.4 is 11.5 Å². The predicted octanol–water partition coefficient (Wildman–Crippen LogP) is 0.939. The smallest absolute Gasteiger partial charge is 0.246 e.